The number of hydrogen-bond donors (Lipinski definition) is 0. The maximum atomic E-state index is 13.6. The van der Waals surface area contributed by atoms with Gasteiger partial charge in [0.05, 0.1) is 34.7 Å². The lowest BCUT2D eigenvalue weighted by molar-refractivity contribution is -0.384. The number of fused-ring (bicyclic) bond motifs is 2. The van der Waals surface area contributed by atoms with Crippen molar-refractivity contribution in [2.24, 2.45) is 0 Å². The van der Waals surface area contributed by atoms with Gasteiger partial charge in [-0.3, -0.25) is 14.9 Å². The smallest absolute Gasteiger partial charge is 0.343 e. The largest absolute Gasteiger partial charge is 0.490 e. The monoisotopic (exact) mass is 501 g/mol. The number of hydrogen-bond acceptors (Lipinski definition) is 8. The van der Waals surface area contributed by atoms with Crippen molar-refractivity contribution in [3.8, 4) is 28.4 Å². The fourth-order valence-corrected chi connectivity index (χ4v) is 4.31. The maximum Gasteiger partial charge on any atom is 0.343 e. The van der Waals surface area contributed by atoms with Crippen LogP contribution >= 0.6 is 0 Å². The first-order chi connectivity index (χ1) is 17.9. The number of nitro benzene ring substituents is 1. The summed E-state index contributed by atoms with van der Waals surface area (Å²) in [5.74, 6) is 1.07. The number of carbonyl (C=O) groups is 1. The van der Waals surface area contributed by atoms with Gasteiger partial charge in [0.1, 0.15) is 17.1 Å². The fourth-order valence-electron chi connectivity index (χ4n) is 4.31. The second-order valence-corrected chi connectivity index (χ2v) is 8.58. The average Bonchev–Trinajstić information content (AvgIpc) is 3.13. The summed E-state index contributed by atoms with van der Waals surface area (Å²) in [6, 6.07) is 13.8. The van der Waals surface area contributed by atoms with Gasteiger partial charge < -0.3 is 18.6 Å². The van der Waals surface area contributed by atoms with Crippen LogP contribution in [0, 0.1) is 17.0 Å². The first-order valence-electron chi connectivity index (χ1n) is 11.8. The number of carbonyl (C=O) groups excluding carboxylic acids is 1. The second kappa shape index (κ2) is 9.77. The van der Waals surface area contributed by atoms with E-state index in [-0.39, 0.29) is 28.0 Å². The number of aryl methyl sites for hydroxylation is 2. The summed E-state index contributed by atoms with van der Waals surface area (Å²) in [6.07, 6.45) is 1.25. The van der Waals surface area contributed by atoms with E-state index < -0.39 is 10.9 Å². The summed E-state index contributed by atoms with van der Waals surface area (Å²) < 4.78 is 23.1. The van der Waals surface area contributed by atoms with Crippen molar-refractivity contribution in [2.45, 2.75) is 26.7 Å². The van der Waals surface area contributed by atoms with E-state index in [0.717, 1.165) is 12.5 Å². The van der Waals surface area contributed by atoms with Crippen LogP contribution in [0.2, 0.25) is 0 Å². The van der Waals surface area contributed by atoms with Crippen LogP contribution in [0.15, 0.2) is 63.8 Å². The average molecular weight is 501 g/mol. The van der Waals surface area contributed by atoms with Gasteiger partial charge in [-0.15, -0.1) is 0 Å². The van der Waals surface area contributed by atoms with Gasteiger partial charge in [-0.1, -0.05) is 19.1 Å². The molecule has 3 aromatic carbocycles. The molecule has 0 saturated carbocycles. The van der Waals surface area contributed by atoms with E-state index in [9.17, 15) is 19.7 Å². The molecule has 0 aliphatic carbocycles. The number of esters is 1. The molecule has 0 bridgehead atoms. The Labute approximate surface area is 211 Å². The van der Waals surface area contributed by atoms with Crippen LogP contribution in [0.3, 0.4) is 0 Å². The van der Waals surface area contributed by atoms with Crippen LogP contribution in [0.4, 0.5) is 5.69 Å². The zero-order valence-electron chi connectivity index (χ0n) is 20.2. The number of rotatable bonds is 5. The van der Waals surface area contributed by atoms with Crippen LogP contribution in [0.25, 0.3) is 22.1 Å². The third-order valence-corrected chi connectivity index (χ3v) is 6.16. The highest BCUT2D eigenvalue weighted by Gasteiger charge is 2.20. The predicted octanol–water partition coefficient (Wildman–Crippen LogP) is 5.62. The number of non-ortho nitro benzene ring substituents is 1. The van der Waals surface area contributed by atoms with E-state index >= 15 is 0 Å². The maximum absolute atomic E-state index is 13.6. The Hall–Kier alpha value is -4.66. The molecule has 9 heteroatoms. The van der Waals surface area contributed by atoms with Crippen molar-refractivity contribution in [1.29, 1.82) is 0 Å². The molecule has 0 atom stereocenters. The van der Waals surface area contributed by atoms with Gasteiger partial charge in [-0.05, 0) is 48.7 Å². The molecule has 0 unspecified atom stereocenters. The predicted molar refractivity (Wildman–Crippen MR) is 136 cm³/mol. The first kappa shape index (κ1) is 24.1. The first-order valence-corrected chi connectivity index (χ1v) is 11.8. The molecule has 1 aromatic heterocycles. The molecule has 188 valence electrons. The van der Waals surface area contributed by atoms with Gasteiger partial charge in [0, 0.05) is 24.6 Å². The third kappa shape index (κ3) is 4.63. The lowest BCUT2D eigenvalue weighted by Crippen LogP contribution is -2.12. The molecule has 0 fully saturated rings. The van der Waals surface area contributed by atoms with Crippen LogP contribution in [-0.4, -0.2) is 24.1 Å². The molecule has 0 amide bonds. The van der Waals surface area contributed by atoms with Crippen LogP contribution in [0.1, 0.15) is 35.0 Å². The number of nitro groups is 1. The summed E-state index contributed by atoms with van der Waals surface area (Å²) >= 11 is 0. The minimum absolute atomic E-state index is 0.0405. The molecular weight excluding hydrogens is 478 g/mol. The summed E-state index contributed by atoms with van der Waals surface area (Å²) in [4.78, 5) is 36.8. The fraction of sp³-hybridized carbons (Fsp3) is 0.214. The SMILES string of the molecule is CCc1cc2c(=O)c(-c3ccc4c(c3)OCCCO4)c(C)oc2cc1OC(=O)c1cccc([N+](=O)[O-])c1. The van der Waals surface area contributed by atoms with Gasteiger partial charge in [-0.25, -0.2) is 4.79 Å². The minimum Gasteiger partial charge on any atom is -0.490 e. The second-order valence-electron chi connectivity index (χ2n) is 8.58. The number of ether oxygens (including phenoxy) is 3. The van der Waals surface area contributed by atoms with Crippen molar-refractivity contribution < 1.29 is 28.3 Å². The Balaban J connectivity index is 1.55. The van der Waals surface area contributed by atoms with Gasteiger partial charge in [-0.2, -0.15) is 0 Å². The van der Waals surface area contributed by atoms with Crippen molar-refractivity contribution in [2.75, 3.05) is 13.2 Å². The molecule has 5 rings (SSSR count). The summed E-state index contributed by atoms with van der Waals surface area (Å²) in [5, 5.41) is 11.4. The molecule has 1 aliphatic rings. The van der Waals surface area contributed by atoms with Crippen LogP contribution in [0.5, 0.6) is 17.2 Å². The number of nitrogens with zero attached hydrogens (tertiary/aromatic N) is 1. The summed E-state index contributed by atoms with van der Waals surface area (Å²) in [5.41, 5.74) is 1.54. The molecule has 37 heavy (non-hydrogen) atoms. The van der Waals surface area contributed by atoms with Crippen molar-refractivity contribution >= 4 is 22.6 Å². The molecule has 1 aliphatic heterocycles. The highest BCUT2D eigenvalue weighted by Crippen LogP contribution is 2.36. The van der Waals surface area contributed by atoms with E-state index in [1.54, 1.807) is 31.2 Å². The normalized spacial score (nSPS) is 12.7. The Morgan fingerprint density at radius 2 is 1.84 bits per heavy atom. The van der Waals surface area contributed by atoms with Crippen molar-refractivity contribution in [3.63, 3.8) is 0 Å². The molecule has 4 aromatic rings. The molecule has 9 nitrogen and oxygen atoms in total. The highest BCUT2D eigenvalue weighted by molar-refractivity contribution is 5.93. The van der Waals surface area contributed by atoms with E-state index in [2.05, 4.69) is 0 Å². The molecule has 0 N–H and O–H groups in total. The van der Waals surface area contributed by atoms with E-state index in [4.69, 9.17) is 18.6 Å². The van der Waals surface area contributed by atoms with Gasteiger partial charge in [0.25, 0.3) is 5.69 Å². The van der Waals surface area contributed by atoms with E-state index in [0.29, 0.717) is 59.0 Å². The van der Waals surface area contributed by atoms with Crippen molar-refractivity contribution in [3.05, 3.63) is 91.8 Å². The van der Waals surface area contributed by atoms with Crippen LogP contribution in [-0.2, 0) is 6.42 Å². The van der Waals surface area contributed by atoms with E-state index in [1.807, 2.05) is 6.92 Å². The minimum atomic E-state index is -0.749. The quantitative estimate of drug-likeness (QED) is 0.150. The topological polar surface area (TPSA) is 118 Å². The standard InChI is InChI=1S/C28H23NO8/c1-3-17-13-21-24(15-23(17)37-28(31)19-6-4-7-20(12-19)29(32)33)36-16(2)26(27(21)30)18-8-9-22-25(14-18)35-11-5-10-34-22/h4,6-9,12-15H,3,5,10-11H2,1-2H3. The third-order valence-electron chi connectivity index (χ3n) is 6.16. The zero-order valence-corrected chi connectivity index (χ0v) is 20.2. The van der Waals surface area contributed by atoms with Gasteiger partial charge >= 0.3 is 5.97 Å². The Morgan fingerprint density at radius 1 is 1.05 bits per heavy atom. The van der Waals surface area contributed by atoms with Gasteiger partial charge in [0.15, 0.2) is 11.5 Å². The Kier molecular flexibility index (Phi) is 6.35. The lowest BCUT2D eigenvalue weighted by Gasteiger charge is -2.13. The van der Waals surface area contributed by atoms with Gasteiger partial charge in [0.2, 0.25) is 5.43 Å². The van der Waals surface area contributed by atoms with Crippen molar-refractivity contribution in [1.82, 2.24) is 0 Å². The summed E-state index contributed by atoms with van der Waals surface area (Å²) in [7, 11) is 0. The molecule has 0 saturated heterocycles. The Bertz CT molecular complexity index is 1600. The lowest BCUT2D eigenvalue weighted by atomic mass is 10.0. The highest BCUT2D eigenvalue weighted by atomic mass is 16.6. The van der Waals surface area contributed by atoms with E-state index in [1.165, 1.54) is 24.3 Å². The number of benzene rings is 3. The molecule has 2 heterocycles. The molecule has 0 radical (unpaired) electrons. The summed E-state index contributed by atoms with van der Waals surface area (Å²) in [6.45, 7) is 4.66. The Morgan fingerprint density at radius 3 is 2.59 bits per heavy atom. The van der Waals surface area contributed by atoms with Crippen LogP contribution < -0.4 is 19.6 Å². The zero-order chi connectivity index (χ0) is 26.1. The molecular formula is C28H23NO8. The molecule has 0 spiro atoms.